The molecule has 1 N–H and O–H groups in total. The molecule has 1 aromatic heterocycles. The number of benzene rings is 3. The Kier molecular flexibility index (Phi) is 6.13. The Morgan fingerprint density at radius 2 is 1.00 bits per heavy atom. The quantitative estimate of drug-likeness (QED) is 0.511. The molecule has 0 amide bonds. The number of hydrogen-bond donors (Lipinski definition) is 1. The number of tetrazole rings is 1. The van der Waals surface area contributed by atoms with Crippen LogP contribution in [0.3, 0.4) is 0 Å². The van der Waals surface area contributed by atoms with Gasteiger partial charge >= 0.3 is 121 Å². The second kappa shape index (κ2) is 8.98. The summed E-state index contributed by atoms with van der Waals surface area (Å²) in [6.07, 6.45) is 1.33. The van der Waals surface area contributed by atoms with Crippen molar-refractivity contribution in [1.82, 2.24) is 20.6 Å². The Hall–Kier alpha value is -2.47. The van der Waals surface area contributed by atoms with E-state index in [1.54, 1.807) is 0 Å². The molecule has 0 radical (unpaired) electrons. The third-order valence-corrected chi connectivity index (χ3v) is 11.3. The standard InChI is InChI=1S/3C6H5.CH2N4.Sn/c3*1-2-4-6-5-3-1;1-2-4-5-3-1;/h3*1-5H;1H,(H,2,3,4,5);/q;;;;+1. The molecule has 5 heteroatoms. The summed E-state index contributed by atoms with van der Waals surface area (Å²) in [6, 6.07) is 32.9. The van der Waals surface area contributed by atoms with Crippen molar-refractivity contribution in [3.63, 3.8) is 0 Å². The maximum atomic E-state index is 3.38. The molecule has 0 fully saturated rings. The average molecular weight is 420 g/mol. The molecule has 4 aromatic rings. The van der Waals surface area contributed by atoms with Crippen LogP contribution in [0.25, 0.3) is 0 Å². The van der Waals surface area contributed by atoms with E-state index >= 15 is 0 Å². The molecule has 0 bridgehead atoms. The minimum atomic E-state index is -1.98. The molecule has 4 rings (SSSR count). The predicted molar refractivity (Wildman–Crippen MR) is 98.2 cm³/mol. The fourth-order valence-corrected chi connectivity index (χ4v) is 9.80. The van der Waals surface area contributed by atoms with Crippen LogP contribution in [0, 0.1) is 0 Å². The number of rotatable bonds is 3. The molecule has 4 nitrogen and oxygen atoms in total. The summed E-state index contributed by atoms with van der Waals surface area (Å²) in [6.45, 7) is 0. The minimum Gasteiger partial charge on any atom is -0.177 e. The van der Waals surface area contributed by atoms with E-state index in [4.69, 9.17) is 0 Å². The Morgan fingerprint density at radius 1 is 0.583 bits per heavy atom. The van der Waals surface area contributed by atoms with E-state index in [2.05, 4.69) is 112 Å². The van der Waals surface area contributed by atoms with Crippen molar-refractivity contribution in [3.05, 3.63) is 97.3 Å². The number of nitrogens with one attached hydrogen (secondary N) is 1. The van der Waals surface area contributed by atoms with Crippen LogP contribution in [-0.2, 0) is 0 Å². The second-order valence-electron chi connectivity index (χ2n) is 5.03. The molecule has 0 saturated carbocycles. The van der Waals surface area contributed by atoms with Gasteiger partial charge in [0.2, 0.25) is 0 Å². The maximum absolute atomic E-state index is 3.38. The molecule has 24 heavy (non-hydrogen) atoms. The van der Waals surface area contributed by atoms with Crippen molar-refractivity contribution < 1.29 is 0 Å². The molecule has 0 spiro atoms. The number of H-pyrrole nitrogens is 1. The monoisotopic (exact) mass is 421 g/mol. The zero-order chi connectivity index (χ0) is 16.5. The summed E-state index contributed by atoms with van der Waals surface area (Å²) >= 11 is -1.98. The predicted octanol–water partition coefficient (Wildman–Crippen LogP) is 1.40. The smallest absolute Gasteiger partial charge is 0.161 e. The molecule has 0 aliphatic rings. The first-order valence-electron chi connectivity index (χ1n) is 7.65. The van der Waals surface area contributed by atoms with Gasteiger partial charge in [0, 0.05) is 0 Å². The van der Waals surface area contributed by atoms with Crippen LogP contribution in [0.1, 0.15) is 0 Å². The van der Waals surface area contributed by atoms with Gasteiger partial charge in [-0.15, -0.1) is 10.2 Å². The Bertz CT molecular complexity index is 695. The van der Waals surface area contributed by atoms with Crippen molar-refractivity contribution in [3.8, 4) is 0 Å². The van der Waals surface area contributed by atoms with Gasteiger partial charge in [0.25, 0.3) is 0 Å². The summed E-state index contributed by atoms with van der Waals surface area (Å²) in [5, 5.41) is 12.2. The van der Waals surface area contributed by atoms with Gasteiger partial charge in [-0.1, -0.05) is 5.21 Å². The van der Waals surface area contributed by atoms with Crippen molar-refractivity contribution in [2.75, 3.05) is 0 Å². The first-order chi connectivity index (χ1) is 11.9. The molecule has 1 heterocycles. The van der Waals surface area contributed by atoms with Gasteiger partial charge in [0.1, 0.15) is 0 Å². The van der Waals surface area contributed by atoms with Crippen LogP contribution in [0.5, 0.6) is 0 Å². The number of hydrogen-bond acceptors (Lipinski definition) is 3. The van der Waals surface area contributed by atoms with Crippen molar-refractivity contribution in [2.45, 2.75) is 0 Å². The Balaban J connectivity index is 0.000000290. The van der Waals surface area contributed by atoms with Gasteiger partial charge in [-0.05, 0) is 0 Å². The number of nitrogens with zero attached hydrogens (tertiary/aromatic N) is 3. The van der Waals surface area contributed by atoms with E-state index in [0.717, 1.165) is 0 Å². The van der Waals surface area contributed by atoms with Crippen LogP contribution in [0.4, 0.5) is 0 Å². The minimum absolute atomic E-state index is 1.33. The van der Waals surface area contributed by atoms with Crippen LogP contribution >= 0.6 is 0 Å². The number of aromatic nitrogens is 4. The maximum Gasteiger partial charge on any atom is 0.161 e. The van der Waals surface area contributed by atoms with E-state index < -0.39 is 19.8 Å². The third kappa shape index (κ3) is 4.52. The van der Waals surface area contributed by atoms with Crippen molar-refractivity contribution in [2.24, 2.45) is 0 Å². The molecule has 0 unspecified atom stereocenters. The second-order valence-corrected chi connectivity index (χ2v) is 12.1. The van der Waals surface area contributed by atoms with Gasteiger partial charge in [-0.2, -0.15) is 5.21 Å². The molecular formula is C19H17N4Sn+. The average Bonchev–Trinajstić information content (AvgIpc) is 3.25. The topological polar surface area (TPSA) is 54.5 Å². The fraction of sp³-hybridized carbons (Fsp3) is 0. The summed E-state index contributed by atoms with van der Waals surface area (Å²) in [5.74, 6) is 0. The SMILES string of the molecule is c1cc[c]([Sn+]([c]2ccccc2)[c]2ccccc2)cc1.c1nn[nH]n1. The first-order valence-corrected chi connectivity index (χ1v) is 11.9. The van der Waals surface area contributed by atoms with Gasteiger partial charge in [-0.3, -0.25) is 0 Å². The molecule has 0 saturated heterocycles. The molecule has 116 valence electrons. The van der Waals surface area contributed by atoms with Gasteiger partial charge in [0.05, 0.1) is 0 Å². The normalized spacial score (nSPS) is 9.67. The van der Waals surface area contributed by atoms with E-state index in [1.807, 2.05) is 0 Å². The van der Waals surface area contributed by atoms with Crippen LogP contribution in [-0.4, -0.2) is 40.4 Å². The summed E-state index contributed by atoms with van der Waals surface area (Å²) in [7, 11) is 0. The Morgan fingerprint density at radius 3 is 1.25 bits per heavy atom. The van der Waals surface area contributed by atoms with Crippen LogP contribution in [0.2, 0.25) is 0 Å². The van der Waals surface area contributed by atoms with Crippen molar-refractivity contribution >= 4 is 30.5 Å². The van der Waals surface area contributed by atoms with E-state index in [9.17, 15) is 0 Å². The molecular weight excluding hydrogens is 403 g/mol. The molecule has 0 aliphatic heterocycles. The van der Waals surface area contributed by atoms with E-state index in [0.29, 0.717) is 0 Å². The largest absolute Gasteiger partial charge is 0.177 e. The van der Waals surface area contributed by atoms with Crippen LogP contribution < -0.4 is 10.7 Å². The summed E-state index contributed by atoms with van der Waals surface area (Å²) < 4.78 is 4.59. The van der Waals surface area contributed by atoms with Crippen LogP contribution in [0.15, 0.2) is 97.3 Å². The van der Waals surface area contributed by atoms with Gasteiger partial charge in [-0.25, -0.2) is 0 Å². The zero-order valence-electron chi connectivity index (χ0n) is 13.1. The number of aromatic amines is 1. The molecule has 3 aromatic carbocycles. The van der Waals surface area contributed by atoms with Crippen molar-refractivity contribution in [1.29, 1.82) is 0 Å². The van der Waals surface area contributed by atoms with E-state index in [1.165, 1.54) is 17.1 Å². The Labute approximate surface area is 148 Å². The fourth-order valence-electron chi connectivity index (χ4n) is 2.44. The summed E-state index contributed by atoms with van der Waals surface area (Å²) in [5.41, 5.74) is 0. The molecule has 0 aliphatic carbocycles. The summed E-state index contributed by atoms with van der Waals surface area (Å²) in [4.78, 5) is 0. The molecule has 0 atom stereocenters. The van der Waals surface area contributed by atoms with E-state index in [-0.39, 0.29) is 0 Å². The first kappa shape index (κ1) is 16.4. The van der Waals surface area contributed by atoms with Gasteiger partial charge < -0.3 is 0 Å². The van der Waals surface area contributed by atoms with Gasteiger partial charge in [0.15, 0.2) is 6.33 Å². The third-order valence-electron chi connectivity index (χ3n) is 3.46. The zero-order valence-corrected chi connectivity index (χ0v) is 15.9.